The third-order valence-corrected chi connectivity index (χ3v) is 6.66. The Labute approximate surface area is 198 Å². The van der Waals surface area contributed by atoms with Gasteiger partial charge in [0.2, 0.25) is 5.91 Å². The fourth-order valence-corrected chi connectivity index (χ4v) is 4.93. The van der Waals surface area contributed by atoms with Crippen molar-refractivity contribution in [3.63, 3.8) is 0 Å². The van der Waals surface area contributed by atoms with Crippen molar-refractivity contribution >= 4 is 34.0 Å². The Morgan fingerprint density at radius 2 is 2.00 bits per heavy atom. The summed E-state index contributed by atoms with van der Waals surface area (Å²) in [6.45, 7) is 1.78. The zero-order chi connectivity index (χ0) is 23.4. The van der Waals surface area contributed by atoms with E-state index < -0.39 is 0 Å². The second kappa shape index (κ2) is 10.4. The Morgan fingerprint density at radius 1 is 1.21 bits per heavy atom. The monoisotopic (exact) mass is 469 g/mol. The van der Waals surface area contributed by atoms with Gasteiger partial charge in [-0.2, -0.15) is 11.3 Å². The van der Waals surface area contributed by atoms with Gasteiger partial charge in [-0.15, -0.1) is 0 Å². The van der Waals surface area contributed by atoms with Gasteiger partial charge in [0.25, 0.3) is 0 Å². The summed E-state index contributed by atoms with van der Waals surface area (Å²) in [5.41, 5.74) is 2.73. The zero-order valence-electron chi connectivity index (χ0n) is 19.7. The quantitative estimate of drug-likeness (QED) is 0.470. The largest absolute Gasteiger partial charge is 0.496 e. The SMILES string of the molecule is COc1ccc(OC)c2nc(N(C)C)c(CN(C[C@@H]3CCCO3)C(=O)Cc3ccsc3)cc12. The van der Waals surface area contributed by atoms with E-state index in [4.69, 9.17) is 19.2 Å². The fourth-order valence-electron chi connectivity index (χ4n) is 4.26. The van der Waals surface area contributed by atoms with Crippen molar-refractivity contribution < 1.29 is 19.0 Å². The molecule has 2 aromatic heterocycles. The molecule has 0 spiro atoms. The van der Waals surface area contributed by atoms with Crippen LogP contribution in [-0.4, -0.2) is 63.4 Å². The Hall–Kier alpha value is -2.84. The van der Waals surface area contributed by atoms with Crippen LogP contribution in [0.4, 0.5) is 5.82 Å². The summed E-state index contributed by atoms with van der Waals surface area (Å²) in [5, 5.41) is 4.89. The number of thiophene rings is 1. The van der Waals surface area contributed by atoms with Crippen molar-refractivity contribution in [1.82, 2.24) is 9.88 Å². The second-order valence-electron chi connectivity index (χ2n) is 8.45. The molecule has 1 fully saturated rings. The molecule has 1 aliphatic rings. The molecule has 8 heteroatoms. The van der Waals surface area contributed by atoms with Crippen molar-refractivity contribution in [2.75, 3.05) is 46.4 Å². The summed E-state index contributed by atoms with van der Waals surface area (Å²) in [6, 6.07) is 7.82. The number of nitrogens with zero attached hydrogens (tertiary/aromatic N) is 3. The molecule has 0 unspecified atom stereocenters. The van der Waals surface area contributed by atoms with Gasteiger partial charge in [-0.3, -0.25) is 4.79 Å². The first-order chi connectivity index (χ1) is 16.0. The van der Waals surface area contributed by atoms with Crippen LogP contribution in [0.2, 0.25) is 0 Å². The molecule has 1 amide bonds. The van der Waals surface area contributed by atoms with Crippen molar-refractivity contribution in [1.29, 1.82) is 0 Å². The van der Waals surface area contributed by atoms with Gasteiger partial charge in [0.05, 0.1) is 26.7 Å². The third-order valence-electron chi connectivity index (χ3n) is 5.92. The molecule has 4 rings (SSSR count). The highest BCUT2D eigenvalue weighted by molar-refractivity contribution is 7.08. The Morgan fingerprint density at radius 3 is 2.64 bits per heavy atom. The van der Waals surface area contributed by atoms with Gasteiger partial charge in [0.15, 0.2) is 0 Å². The van der Waals surface area contributed by atoms with E-state index in [2.05, 4.69) is 6.07 Å². The summed E-state index contributed by atoms with van der Waals surface area (Å²) in [7, 11) is 7.21. The van der Waals surface area contributed by atoms with Crippen LogP contribution < -0.4 is 14.4 Å². The molecule has 0 N–H and O–H groups in total. The lowest BCUT2D eigenvalue weighted by atomic mass is 10.1. The normalized spacial score (nSPS) is 15.6. The molecule has 3 aromatic rings. The molecular formula is C25H31N3O4S. The van der Waals surface area contributed by atoms with Gasteiger partial charge in [-0.1, -0.05) is 0 Å². The fraction of sp³-hybridized carbons (Fsp3) is 0.440. The van der Waals surface area contributed by atoms with E-state index in [9.17, 15) is 4.79 Å². The van der Waals surface area contributed by atoms with Crippen molar-refractivity contribution in [3.8, 4) is 11.5 Å². The first-order valence-electron chi connectivity index (χ1n) is 11.1. The molecule has 1 saturated heterocycles. The van der Waals surface area contributed by atoms with Crippen LogP contribution in [0, 0.1) is 0 Å². The van der Waals surface area contributed by atoms with E-state index >= 15 is 0 Å². The minimum Gasteiger partial charge on any atom is -0.496 e. The minimum absolute atomic E-state index is 0.0716. The van der Waals surface area contributed by atoms with Crippen molar-refractivity contribution in [3.05, 3.63) is 46.2 Å². The number of aromatic nitrogens is 1. The molecule has 0 aliphatic carbocycles. The molecule has 3 heterocycles. The maximum Gasteiger partial charge on any atom is 0.227 e. The number of carbonyl (C=O) groups is 1. The van der Waals surface area contributed by atoms with Crippen LogP contribution in [-0.2, 0) is 22.5 Å². The minimum atomic E-state index is 0.0716. The molecular weight excluding hydrogens is 438 g/mol. The van der Waals surface area contributed by atoms with E-state index in [1.54, 1.807) is 25.6 Å². The standard InChI is InChI=1S/C25H31N3O4S/c1-27(2)25-18(13-20-21(30-3)7-8-22(31-4)24(20)26-25)14-28(15-19-6-5-10-32-19)23(29)12-17-9-11-33-16-17/h7-9,11,13,16,19H,5-6,10,12,14-15H2,1-4H3/t19-/m0/s1. The Balaban J connectivity index is 1.72. The molecule has 0 bridgehead atoms. The molecule has 1 aromatic carbocycles. The van der Waals surface area contributed by atoms with Crippen LogP contribution >= 0.6 is 11.3 Å². The lowest BCUT2D eigenvalue weighted by Gasteiger charge is -2.28. The number of carbonyl (C=O) groups excluding carboxylic acids is 1. The highest BCUT2D eigenvalue weighted by atomic mass is 32.1. The van der Waals surface area contributed by atoms with E-state index in [1.807, 2.05) is 52.9 Å². The predicted molar refractivity (Wildman–Crippen MR) is 132 cm³/mol. The summed E-state index contributed by atoms with van der Waals surface area (Å²) in [6.07, 6.45) is 2.46. The van der Waals surface area contributed by atoms with E-state index in [1.165, 1.54) is 0 Å². The molecule has 176 valence electrons. The third kappa shape index (κ3) is 5.23. The van der Waals surface area contributed by atoms with Gasteiger partial charge in [0.1, 0.15) is 22.8 Å². The molecule has 1 atom stereocenters. The lowest BCUT2D eigenvalue weighted by Crippen LogP contribution is -2.38. The first kappa shape index (κ1) is 23.3. The number of rotatable bonds is 9. The van der Waals surface area contributed by atoms with Crippen LogP contribution in [0.5, 0.6) is 11.5 Å². The number of amides is 1. The van der Waals surface area contributed by atoms with E-state index in [0.29, 0.717) is 25.3 Å². The van der Waals surface area contributed by atoms with Gasteiger partial charge < -0.3 is 24.0 Å². The van der Waals surface area contributed by atoms with E-state index in [0.717, 1.165) is 53.0 Å². The summed E-state index contributed by atoms with van der Waals surface area (Å²) in [4.78, 5) is 22.2. The number of benzene rings is 1. The average molecular weight is 470 g/mol. The maximum atomic E-state index is 13.4. The topological polar surface area (TPSA) is 64.1 Å². The summed E-state index contributed by atoms with van der Waals surface area (Å²) < 4.78 is 17.0. The number of anilines is 1. The first-order valence-corrected chi connectivity index (χ1v) is 12.1. The predicted octanol–water partition coefficient (Wildman–Crippen LogP) is 4.13. The van der Waals surface area contributed by atoms with Crippen LogP contribution in [0.3, 0.4) is 0 Å². The van der Waals surface area contributed by atoms with Crippen molar-refractivity contribution in [2.45, 2.75) is 31.9 Å². The number of ether oxygens (including phenoxy) is 3. The number of pyridine rings is 1. The summed E-state index contributed by atoms with van der Waals surface area (Å²) >= 11 is 1.61. The highest BCUT2D eigenvalue weighted by Gasteiger charge is 2.25. The van der Waals surface area contributed by atoms with Crippen molar-refractivity contribution in [2.24, 2.45) is 0 Å². The van der Waals surface area contributed by atoms with Gasteiger partial charge in [-0.25, -0.2) is 4.98 Å². The maximum absolute atomic E-state index is 13.4. The number of methoxy groups -OCH3 is 2. The molecule has 33 heavy (non-hydrogen) atoms. The zero-order valence-corrected chi connectivity index (χ0v) is 20.5. The Kier molecular flexibility index (Phi) is 7.35. The molecule has 0 saturated carbocycles. The molecule has 1 aliphatic heterocycles. The van der Waals surface area contributed by atoms with Crippen LogP contribution in [0.1, 0.15) is 24.0 Å². The van der Waals surface area contributed by atoms with Gasteiger partial charge in [0, 0.05) is 44.7 Å². The molecule has 0 radical (unpaired) electrons. The van der Waals surface area contributed by atoms with Crippen LogP contribution in [0.15, 0.2) is 35.0 Å². The molecule has 7 nitrogen and oxygen atoms in total. The number of fused-ring (bicyclic) bond motifs is 1. The smallest absolute Gasteiger partial charge is 0.227 e. The summed E-state index contributed by atoms with van der Waals surface area (Å²) in [5.74, 6) is 2.30. The van der Waals surface area contributed by atoms with Crippen LogP contribution in [0.25, 0.3) is 10.9 Å². The Bertz CT molecular complexity index is 1090. The lowest BCUT2D eigenvalue weighted by molar-refractivity contribution is -0.132. The number of hydrogen-bond acceptors (Lipinski definition) is 7. The average Bonchev–Trinajstić information content (AvgIpc) is 3.51. The number of hydrogen-bond donors (Lipinski definition) is 0. The highest BCUT2D eigenvalue weighted by Crippen LogP contribution is 2.35. The van der Waals surface area contributed by atoms with Gasteiger partial charge >= 0.3 is 0 Å². The van der Waals surface area contributed by atoms with E-state index in [-0.39, 0.29) is 12.0 Å². The second-order valence-corrected chi connectivity index (χ2v) is 9.23. The van der Waals surface area contributed by atoms with Gasteiger partial charge in [-0.05, 0) is 53.4 Å².